The largest absolute Gasteiger partial charge is 0.455 e. The van der Waals surface area contributed by atoms with E-state index in [-0.39, 0.29) is 0 Å². The number of aromatic nitrogens is 2. The Morgan fingerprint density at radius 3 is 1.94 bits per heavy atom. The Labute approximate surface area is 306 Å². The number of furan rings is 1. The Morgan fingerprint density at radius 2 is 1.13 bits per heavy atom. The van der Waals surface area contributed by atoms with Crippen LogP contribution in [0.5, 0.6) is 0 Å². The van der Waals surface area contributed by atoms with E-state index in [1.54, 1.807) is 0 Å². The van der Waals surface area contributed by atoms with Crippen LogP contribution in [0.4, 0.5) is 0 Å². The van der Waals surface area contributed by atoms with E-state index in [4.69, 9.17) is 9.40 Å². The van der Waals surface area contributed by atoms with Gasteiger partial charge in [0.25, 0.3) is 0 Å². The van der Waals surface area contributed by atoms with Gasteiger partial charge >= 0.3 is 0 Å². The molecule has 0 amide bonds. The quantitative estimate of drug-likeness (QED) is 0.187. The molecule has 53 heavy (non-hydrogen) atoms. The lowest BCUT2D eigenvalue weighted by Crippen LogP contribution is -2.25. The normalized spacial score (nSPS) is 13.4. The molecule has 0 aliphatic heterocycles. The van der Waals surface area contributed by atoms with Crippen molar-refractivity contribution in [3.63, 3.8) is 0 Å². The highest BCUT2D eigenvalue weighted by Crippen LogP contribution is 2.64. The molecule has 0 unspecified atom stereocenters. The van der Waals surface area contributed by atoms with Gasteiger partial charge in [-0.05, 0) is 86.5 Å². The van der Waals surface area contributed by atoms with Gasteiger partial charge in [0.1, 0.15) is 17.0 Å². The zero-order valence-electron chi connectivity index (χ0n) is 28.6. The molecule has 2 aromatic heterocycles. The van der Waals surface area contributed by atoms with E-state index in [2.05, 4.69) is 180 Å². The minimum Gasteiger partial charge on any atom is -0.455 e. The van der Waals surface area contributed by atoms with Crippen molar-refractivity contribution in [1.82, 2.24) is 9.55 Å². The zero-order valence-corrected chi connectivity index (χ0v) is 28.6. The first kappa shape index (κ1) is 28.7. The van der Waals surface area contributed by atoms with Crippen molar-refractivity contribution in [3.8, 4) is 50.5 Å². The molecule has 10 aromatic rings. The second kappa shape index (κ2) is 10.5. The summed E-state index contributed by atoms with van der Waals surface area (Å²) in [4.78, 5) is 5.07. The highest BCUT2D eigenvalue weighted by atomic mass is 16.3. The van der Waals surface area contributed by atoms with Gasteiger partial charge < -0.3 is 4.42 Å². The molecular weight excluding hydrogens is 645 g/mol. The average molecular weight is 675 g/mol. The molecule has 0 radical (unpaired) electrons. The molecule has 2 heterocycles. The fourth-order valence-electron chi connectivity index (χ4n) is 9.45. The van der Waals surface area contributed by atoms with Gasteiger partial charge in [-0.1, -0.05) is 146 Å². The topological polar surface area (TPSA) is 31.0 Å². The molecule has 0 saturated carbocycles. The van der Waals surface area contributed by atoms with E-state index in [9.17, 15) is 0 Å². The summed E-state index contributed by atoms with van der Waals surface area (Å²) in [5.74, 6) is 0.937. The molecule has 0 atom stereocenters. The van der Waals surface area contributed by atoms with Crippen LogP contribution in [0.25, 0.3) is 83.4 Å². The number of nitrogens with zero attached hydrogens (tertiary/aromatic N) is 2. The van der Waals surface area contributed by atoms with Crippen molar-refractivity contribution >= 4 is 33.0 Å². The number of hydrogen-bond donors (Lipinski definition) is 0. The maximum Gasteiger partial charge on any atom is 0.145 e. The van der Waals surface area contributed by atoms with E-state index in [1.807, 2.05) is 6.07 Å². The minimum atomic E-state index is -0.471. The Morgan fingerprint density at radius 1 is 0.453 bits per heavy atom. The molecule has 2 aliphatic carbocycles. The van der Waals surface area contributed by atoms with Gasteiger partial charge in [-0.15, -0.1) is 0 Å². The number of para-hydroxylation sites is 3. The summed E-state index contributed by atoms with van der Waals surface area (Å²) in [5.41, 5.74) is 18.2. The van der Waals surface area contributed by atoms with Gasteiger partial charge in [-0.2, -0.15) is 0 Å². The van der Waals surface area contributed by atoms with Crippen LogP contribution in [-0.4, -0.2) is 9.55 Å². The van der Waals surface area contributed by atoms with Crippen LogP contribution in [0.15, 0.2) is 186 Å². The maximum atomic E-state index is 6.76. The van der Waals surface area contributed by atoms with Crippen LogP contribution in [0.1, 0.15) is 22.3 Å². The SMILES string of the molecule is c1ccc(-c2nc3ccccc3n2-c2ccc(-c3ccc4c(c3)C3(c5ccccc5-c5ccccc53)c3ccc5c(oc6ccccc65)c3-4)cc2)cc1. The van der Waals surface area contributed by atoms with Crippen LogP contribution in [0.3, 0.4) is 0 Å². The smallest absolute Gasteiger partial charge is 0.145 e. The first-order valence-electron chi connectivity index (χ1n) is 18.2. The van der Waals surface area contributed by atoms with Crippen molar-refractivity contribution in [1.29, 1.82) is 0 Å². The van der Waals surface area contributed by atoms with Gasteiger partial charge in [0, 0.05) is 27.6 Å². The summed E-state index contributed by atoms with van der Waals surface area (Å²) in [6.45, 7) is 0. The van der Waals surface area contributed by atoms with Crippen molar-refractivity contribution in [2.24, 2.45) is 0 Å². The molecule has 0 saturated heterocycles. The predicted octanol–water partition coefficient (Wildman–Crippen LogP) is 12.6. The Bertz CT molecular complexity index is 3060. The highest BCUT2D eigenvalue weighted by molar-refractivity contribution is 6.13. The Kier molecular flexibility index (Phi) is 5.70. The predicted molar refractivity (Wildman–Crippen MR) is 216 cm³/mol. The summed E-state index contributed by atoms with van der Waals surface area (Å²) in [6.07, 6.45) is 0. The monoisotopic (exact) mass is 674 g/mol. The first-order valence-corrected chi connectivity index (χ1v) is 18.2. The molecule has 1 spiro atoms. The second-order valence-electron chi connectivity index (χ2n) is 14.2. The van der Waals surface area contributed by atoms with Crippen molar-refractivity contribution in [3.05, 3.63) is 204 Å². The van der Waals surface area contributed by atoms with Gasteiger partial charge in [-0.3, -0.25) is 4.57 Å². The molecule has 3 heteroatoms. The molecule has 0 N–H and O–H groups in total. The van der Waals surface area contributed by atoms with Crippen molar-refractivity contribution < 1.29 is 4.42 Å². The van der Waals surface area contributed by atoms with E-state index in [0.29, 0.717) is 0 Å². The molecular formula is C50H30N2O. The lowest BCUT2D eigenvalue weighted by atomic mass is 9.70. The number of benzene rings is 8. The molecule has 3 nitrogen and oxygen atoms in total. The molecule has 0 bridgehead atoms. The van der Waals surface area contributed by atoms with E-state index in [0.717, 1.165) is 50.0 Å². The Balaban J connectivity index is 1.08. The standard InChI is InChI=1S/C50H30N2O/c1-2-12-32(13-3-1)49-51-44-19-9-10-20-45(44)52(49)34-25-22-31(23-26-34)33-24-27-39-43(30-33)50(40-17-7-4-14-35(40)36-15-5-8-18-41(36)50)42-29-28-38-37-16-6-11-21-46(37)53-48(38)47(39)42/h1-30H. The van der Waals surface area contributed by atoms with E-state index >= 15 is 0 Å². The van der Waals surface area contributed by atoms with Crippen LogP contribution in [0.2, 0.25) is 0 Å². The molecule has 2 aliphatic rings. The van der Waals surface area contributed by atoms with Gasteiger partial charge in [-0.25, -0.2) is 4.98 Å². The lowest BCUT2D eigenvalue weighted by molar-refractivity contribution is 0.669. The van der Waals surface area contributed by atoms with Crippen LogP contribution < -0.4 is 0 Å². The number of imidazole rings is 1. The third-order valence-electron chi connectivity index (χ3n) is 11.6. The van der Waals surface area contributed by atoms with Gasteiger partial charge in [0.15, 0.2) is 0 Å². The van der Waals surface area contributed by atoms with E-state index < -0.39 is 5.41 Å². The summed E-state index contributed by atoms with van der Waals surface area (Å²) < 4.78 is 9.03. The number of rotatable bonds is 3. The summed E-state index contributed by atoms with van der Waals surface area (Å²) in [7, 11) is 0. The third kappa shape index (κ3) is 3.75. The van der Waals surface area contributed by atoms with Crippen molar-refractivity contribution in [2.45, 2.75) is 5.41 Å². The minimum absolute atomic E-state index is 0.471. The molecule has 12 rings (SSSR count). The second-order valence-corrected chi connectivity index (χ2v) is 14.2. The first-order chi connectivity index (χ1) is 26.3. The van der Waals surface area contributed by atoms with Crippen LogP contribution in [-0.2, 0) is 5.41 Å². The Hall–Kier alpha value is -6.97. The molecule has 0 fully saturated rings. The third-order valence-corrected chi connectivity index (χ3v) is 11.6. The fraction of sp³-hybridized carbons (Fsp3) is 0.0200. The van der Waals surface area contributed by atoms with Gasteiger partial charge in [0.2, 0.25) is 0 Å². The molecule has 8 aromatic carbocycles. The highest BCUT2D eigenvalue weighted by Gasteiger charge is 2.52. The molecule has 246 valence electrons. The van der Waals surface area contributed by atoms with Crippen molar-refractivity contribution in [2.75, 3.05) is 0 Å². The number of fused-ring (bicyclic) bond motifs is 15. The summed E-state index contributed by atoms with van der Waals surface area (Å²) in [5, 5.41) is 2.31. The zero-order chi connectivity index (χ0) is 34.7. The van der Waals surface area contributed by atoms with E-state index in [1.165, 1.54) is 55.6 Å². The average Bonchev–Trinajstić information content (AvgIpc) is 3.96. The number of hydrogen-bond acceptors (Lipinski definition) is 2. The lowest BCUT2D eigenvalue weighted by Gasteiger charge is -2.30. The van der Waals surface area contributed by atoms with Crippen LogP contribution in [0, 0.1) is 0 Å². The van der Waals surface area contributed by atoms with Crippen LogP contribution >= 0.6 is 0 Å². The maximum absolute atomic E-state index is 6.76. The fourth-order valence-corrected chi connectivity index (χ4v) is 9.45. The summed E-state index contributed by atoms with van der Waals surface area (Å²) >= 11 is 0. The summed E-state index contributed by atoms with van der Waals surface area (Å²) in [6, 6.07) is 65.8. The van der Waals surface area contributed by atoms with Gasteiger partial charge in [0.05, 0.1) is 16.4 Å².